The molecule has 5 heteroatoms. The number of hydrogen-bond donors (Lipinski definition) is 0. The Morgan fingerprint density at radius 2 is 1.17 bits per heavy atom. The van der Waals surface area contributed by atoms with Gasteiger partial charge < -0.3 is 19.6 Å². The number of hydrogen-bond acceptors (Lipinski definition) is 4. The lowest BCUT2D eigenvalue weighted by Crippen LogP contribution is -2.54. The zero-order valence-electron chi connectivity index (χ0n) is 20.7. The molecule has 2 unspecified atom stereocenters. The van der Waals surface area contributed by atoms with Crippen molar-refractivity contribution < 1.29 is 0 Å². The molecule has 1 saturated carbocycles. The molecule has 0 spiro atoms. The third-order valence-corrected chi connectivity index (χ3v) is 8.18. The van der Waals surface area contributed by atoms with Gasteiger partial charge in [-0.15, -0.1) is 0 Å². The molecule has 0 amide bonds. The van der Waals surface area contributed by atoms with Crippen LogP contribution in [0.15, 0.2) is 85.5 Å². The van der Waals surface area contributed by atoms with E-state index in [0.717, 1.165) is 13.3 Å². The third kappa shape index (κ3) is 3.44. The quantitative estimate of drug-likeness (QED) is 0.519. The van der Waals surface area contributed by atoms with Gasteiger partial charge in [-0.2, -0.15) is 0 Å². The molecule has 174 valence electrons. The zero-order valence-corrected chi connectivity index (χ0v) is 20.7. The maximum Gasteiger partial charge on any atom is 0.242 e. The van der Waals surface area contributed by atoms with Crippen molar-refractivity contribution in [1.29, 1.82) is 0 Å². The summed E-state index contributed by atoms with van der Waals surface area (Å²) in [7, 11) is 0. The van der Waals surface area contributed by atoms with Crippen LogP contribution in [-0.4, -0.2) is 41.9 Å². The molecule has 1 aliphatic carbocycles. The summed E-state index contributed by atoms with van der Waals surface area (Å²) in [5.41, 5.74) is 10.7. The van der Waals surface area contributed by atoms with E-state index in [2.05, 4.69) is 126 Å². The summed E-state index contributed by atoms with van der Waals surface area (Å²) in [6.07, 6.45) is 10.3. The minimum absolute atomic E-state index is 0.180. The molecule has 3 aromatic carbocycles. The van der Waals surface area contributed by atoms with Gasteiger partial charge in [0.05, 0.1) is 25.4 Å². The van der Waals surface area contributed by atoms with Gasteiger partial charge in [0.2, 0.25) is 6.71 Å². The van der Waals surface area contributed by atoms with E-state index in [1.807, 2.05) is 0 Å². The van der Waals surface area contributed by atoms with Crippen LogP contribution < -0.4 is 26.2 Å². The molecule has 3 aromatic rings. The van der Waals surface area contributed by atoms with Crippen molar-refractivity contribution in [2.75, 3.05) is 23.1 Å². The molecule has 0 saturated heterocycles. The summed E-state index contributed by atoms with van der Waals surface area (Å²) in [6.45, 7) is 8.77. The Morgan fingerprint density at radius 1 is 0.657 bits per heavy atom. The Kier molecular flexibility index (Phi) is 4.57. The second kappa shape index (κ2) is 7.71. The molecule has 7 rings (SSSR count). The second-order valence-corrected chi connectivity index (χ2v) is 10.7. The lowest BCUT2D eigenvalue weighted by Gasteiger charge is -2.25. The molecule has 0 N–H and O–H groups in total. The van der Waals surface area contributed by atoms with Gasteiger partial charge in [-0.3, -0.25) is 0 Å². The Bertz CT molecular complexity index is 1280. The first kappa shape index (κ1) is 20.8. The maximum atomic E-state index is 2.51. The average Bonchev–Trinajstić information content (AvgIpc) is 3.26. The first-order valence-corrected chi connectivity index (χ1v) is 12.7. The van der Waals surface area contributed by atoms with Crippen molar-refractivity contribution in [2.45, 2.75) is 39.3 Å². The van der Waals surface area contributed by atoms with Crippen LogP contribution >= 0.6 is 0 Å². The Labute approximate surface area is 208 Å². The number of fused-ring (bicyclic) bond motifs is 13. The fraction of sp³-hybridized carbons (Fsp3) is 0.267. The van der Waals surface area contributed by atoms with Gasteiger partial charge in [0.15, 0.2) is 0 Å². The highest BCUT2D eigenvalue weighted by Gasteiger charge is 2.46. The summed E-state index contributed by atoms with van der Waals surface area (Å²) in [5.74, 6) is 0. The Balaban J connectivity index is 1.42. The van der Waals surface area contributed by atoms with Crippen molar-refractivity contribution in [2.24, 2.45) is 0 Å². The van der Waals surface area contributed by atoms with Crippen LogP contribution in [0.2, 0.25) is 0 Å². The lowest BCUT2D eigenvalue weighted by atomic mass is 9.35. The summed E-state index contributed by atoms with van der Waals surface area (Å²) < 4.78 is 0. The monoisotopic (exact) mass is 458 g/mol. The first-order valence-electron chi connectivity index (χ1n) is 12.7. The molecule has 2 atom stereocenters. The largest absolute Gasteiger partial charge is 0.353 e. The van der Waals surface area contributed by atoms with E-state index in [9.17, 15) is 0 Å². The molecule has 3 aliphatic heterocycles. The number of nitrogens with zero attached hydrogens (tertiary/aromatic N) is 4. The second-order valence-electron chi connectivity index (χ2n) is 10.7. The van der Waals surface area contributed by atoms with E-state index in [-0.39, 0.29) is 6.71 Å². The number of anilines is 2. The van der Waals surface area contributed by atoms with E-state index < -0.39 is 0 Å². The smallest absolute Gasteiger partial charge is 0.242 e. The molecule has 4 aliphatic rings. The van der Waals surface area contributed by atoms with Gasteiger partial charge in [0, 0.05) is 36.2 Å². The highest BCUT2D eigenvalue weighted by atomic mass is 15.4. The molecule has 0 aromatic heterocycles. The van der Waals surface area contributed by atoms with E-state index in [0.29, 0.717) is 12.1 Å². The summed E-state index contributed by atoms with van der Waals surface area (Å²) in [5, 5.41) is 0. The van der Waals surface area contributed by atoms with Crippen LogP contribution in [0.4, 0.5) is 11.4 Å². The maximum absolute atomic E-state index is 2.51. The van der Waals surface area contributed by atoms with E-state index in [1.54, 1.807) is 0 Å². The lowest BCUT2D eigenvalue weighted by molar-refractivity contribution is 0.316. The van der Waals surface area contributed by atoms with Crippen molar-refractivity contribution in [3.05, 3.63) is 102 Å². The van der Waals surface area contributed by atoms with Gasteiger partial charge in [-0.05, 0) is 51.5 Å². The molecule has 35 heavy (non-hydrogen) atoms. The normalized spacial score (nSPS) is 21.9. The van der Waals surface area contributed by atoms with Crippen molar-refractivity contribution in [3.8, 4) is 0 Å². The van der Waals surface area contributed by atoms with Crippen LogP contribution in [0.3, 0.4) is 0 Å². The minimum atomic E-state index is 0.180. The summed E-state index contributed by atoms with van der Waals surface area (Å²) in [4.78, 5) is 9.82. The molecule has 8 bridgehead atoms. The van der Waals surface area contributed by atoms with Crippen molar-refractivity contribution >= 4 is 34.5 Å². The molecular weight excluding hydrogens is 427 g/mol. The number of benzene rings is 3. The van der Waals surface area contributed by atoms with Gasteiger partial charge in [0.25, 0.3) is 0 Å². The van der Waals surface area contributed by atoms with E-state index in [4.69, 9.17) is 0 Å². The van der Waals surface area contributed by atoms with Gasteiger partial charge in [-0.1, -0.05) is 69.5 Å². The molecule has 3 heterocycles. The molecule has 4 nitrogen and oxygen atoms in total. The van der Waals surface area contributed by atoms with E-state index >= 15 is 0 Å². The topological polar surface area (TPSA) is 13.0 Å². The van der Waals surface area contributed by atoms with Crippen LogP contribution in [0.1, 0.15) is 23.1 Å². The number of aryl methyl sites for hydroxylation is 3. The molecular formula is C30H31BN4. The predicted molar refractivity (Wildman–Crippen MR) is 147 cm³/mol. The third-order valence-electron chi connectivity index (χ3n) is 8.18. The van der Waals surface area contributed by atoms with Crippen LogP contribution in [0.5, 0.6) is 0 Å². The molecule has 0 radical (unpaired) electrons. The fourth-order valence-corrected chi connectivity index (χ4v) is 6.46. The van der Waals surface area contributed by atoms with Crippen molar-refractivity contribution in [3.63, 3.8) is 0 Å². The fourth-order valence-electron chi connectivity index (χ4n) is 6.46. The van der Waals surface area contributed by atoms with Crippen LogP contribution in [-0.2, 0) is 0 Å². The van der Waals surface area contributed by atoms with Gasteiger partial charge in [0.1, 0.15) is 0 Å². The standard InChI is InChI=1S/C30H31BN4/c1-21-14-22(2)30(23(3)15-21)31-24-6-4-8-26(16-24)32-10-12-34(19-32)28-18-29(28)35-13-11-33(20-35)27-9-5-7-25(31)17-27/h4-17,28-29H,18-20H2,1-3H3. The first-order chi connectivity index (χ1) is 17.0. The van der Waals surface area contributed by atoms with Crippen LogP contribution in [0, 0.1) is 20.8 Å². The van der Waals surface area contributed by atoms with Gasteiger partial charge in [-0.25, -0.2) is 0 Å². The highest BCUT2D eigenvalue weighted by molar-refractivity contribution is 6.96. The minimum Gasteiger partial charge on any atom is -0.353 e. The average molecular weight is 458 g/mol. The number of rotatable bonds is 1. The molecule has 1 fully saturated rings. The van der Waals surface area contributed by atoms with E-state index in [1.165, 1.54) is 50.9 Å². The summed E-state index contributed by atoms with van der Waals surface area (Å²) in [6, 6.07) is 24.2. The predicted octanol–water partition coefficient (Wildman–Crippen LogP) is 3.38. The van der Waals surface area contributed by atoms with Crippen molar-refractivity contribution in [1.82, 2.24) is 9.80 Å². The SMILES string of the molecule is Cc1cc(C)c(B2c3cccc(c3)N3C=CN(C3)C3CC3N3C=CN(C3)c3cccc2c3)c(C)c1. The highest BCUT2D eigenvalue weighted by Crippen LogP contribution is 2.38. The summed E-state index contributed by atoms with van der Waals surface area (Å²) >= 11 is 0. The Hall–Kier alpha value is -3.60. The Morgan fingerprint density at radius 3 is 1.69 bits per heavy atom. The van der Waals surface area contributed by atoms with Crippen LogP contribution in [0.25, 0.3) is 0 Å². The van der Waals surface area contributed by atoms with Gasteiger partial charge >= 0.3 is 0 Å². The zero-order chi connectivity index (χ0) is 23.7.